The first-order valence-corrected chi connectivity index (χ1v) is 8.40. The Hall–Kier alpha value is -2.74. The van der Waals surface area contributed by atoms with Gasteiger partial charge in [-0.1, -0.05) is 11.3 Å². The fraction of sp³-hybridized carbons (Fsp3) is 0.412. The van der Waals surface area contributed by atoms with E-state index in [0.29, 0.717) is 13.0 Å². The standard InChI is InChI=1S/C17H21N7O/c1-23-8-7-18-17(23)16-12(4-6-15(25)20-16)19-10-11-3-5-14-13(9-11)21-22-24(14)2/h3,5,7-9,12,16,19H,4,6,10H2,1-2H3,(H,20,25)/t12-,16-/m1/s1. The predicted octanol–water partition coefficient (Wildman–Crippen LogP) is 0.811. The van der Waals surface area contributed by atoms with Crippen molar-refractivity contribution in [2.45, 2.75) is 31.5 Å². The van der Waals surface area contributed by atoms with Gasteiger partial charge in [-0.3, -0.25) is 4.79 Å². The molecule has 25 heavy (non-hydrogen) atoms. The molecule has 0 saturated carbocycles. The van der Waals surface area contributed by atoms with Crippen molar-refractivity contribution in [1.82, 2.24) is 35.2 Å². The number of hydrogen-bond acceptors (Lipinski definition) is 5. The second kappa shape index (κ2) is 6.29. The lowest BCUT2D eigenvalue weighted by molar-refractivity contribution is -0.124. The zero-order valence-electron chi connectivity index (χ0n) is 14.3. The summed E-state index contributed by atoms with van der Waals surface area (Å²) in [7, 11) is 3.83. The lowest BCUT2D eigenvalue weighted by Crippen LogP contribution is -2.49. The largest absolute Gasteiger partial charge is 0.345 e. The smallest absolute Gasteiger partial charge is 0.220 e. The molecule has 1 aromatic carbocycles. The summed E-state index contributed by atoms with van der Waals surface area (Å²) in [6, 6.07) is 6.17. The summed E-state index contributed by atoms with van der Waals surface area (Å²) in [5.41, 5.74) is 3.04. The summed E-state index contributed by atoms with van der Waals surface area (Å²) in [6.45, 7) is 0.702. The van der Waals surface area contributed by atoms with E-state index < -0.39 is 0 Å². The molecule has 3 heterocycles. The Balaban J connectivity index is 1.51. The Kier molecular flexibility index (Phi) is 3.96. The van der Waals surface area contributed by atoms with Crippen LogP contribution in [0.1, 0.15) is 30.3 Å². The van der Waals surface area contributed by atoms with E-state index in [1.165, 1.54) is 0 Å². The van der Waals surface area contributed by atoms with Crippen LogP contribution in [0.5, 0.6) is 0 Å². The van der Waals surface area contributed by atoms with E-state index in [1.807, 2.05) is 37.0 Å². The van der Waals surface area contributed by atoms with Gasteiger partial charge < -0.3 is 15.2 Å². The molecule has 1 saturated heterocycles. The number of piperidine rings is 1. The van der Waals surface area contributed by atoms with Crippen LogP contribution < -0.4 is 10.6 Å². The summed E-state index contributed by atoms with van der Waals surface area (Å²) in [5, 5.41) is 14.8. The number of benzene rings is 1. The summed E-state index contributed by atoms with van der Waals surface area (Å²) in [6.07, 6.45) is 4.98. The summed E-state index contributed by atoms with van der Waals surface area (Å²) < 4.78 is 3.72. The Labute approximate surface area is 145 Å². The van der Waals surface area contributed by atoms with Crippen molar-refractivity contribution in [2.75, 3.05) is 0 Å². The average molecular weight is 339 g/mol. The molecule has 0 unspecified atom stereocenters. The molecular formula is C17H21N7O. The van der Waals surface area contributed by atoms with E-state index in [0.717, 1.165) is 28.8 Å². The third-order valence-electron chi connectivity index (χ3n) is 4.78. The second-order valence-electron chi connectivity index (χ2n) is 6.50. The number of hydrogen-bond donors (Lipinski definition) is 2. The van der Waals surface area contributed by atoms with Crippen LogP contribution in [-0.2, 0) is 25.4 Å². The molecule has 1 aliphatic heterocycles. The van der Waals surface area contributed by atoms with Crippen molar-refractivity contribution in [1.29, 1.82) is 0 Å². The van der Waals surface area contributed by atoms with E-state index in [4.69, 9.17) is 0 Å². The first-order chi connectivity index (χ1) is 12.1. The molecule has 130 valence electrons. The van der Waals surface area contributed by atoms with Crippen molar-refractivity contribution >= 4 is 16.9 Å². The summed E-state index contributed by atoms with van der Waals surface area (Å²) >= 11 is 0. The Morgan fingerprint density at radius 1 is 1.36 bits per heavy atom. The summed E-state index contributed by atoms with van der Waals surface area (Å²) in [4.78, 5) is 16.3. The molecule has 2 atom stereocenters. The van der Waals surface area contributed by atoms with Crippen LogP contribution in [0.2, 0.25) is 0 Å². The average Bonchev–Trinajstić information content (AvgIpc) is 3.19. The zero-order chi connectivity index (χ0) is 17.4. The molecule has 0 aliphatic carbocycles. The number of imidazole rings is 1. The summed E-state index contributed by atoms with van der Waals surface area (Å²) in [5.74, 6) is 0.946. The Morgan fingerprint density at radius 2 is 2.24 bits per heavy atom. The number of carbonyl (C=O) groups is 1. The van der Waals surface area contributed by atoms with Crippen LogP contribution in [0.25, 0.3) is 11.0 Å². The van der Waals surface area contributed by atoms with Crippen LogP contribution in [-0.4, -0.2) is 36.5 Å². The minimum atomic E-state index is -0.124. The molecule has 1 fully saturated rings. The van der Waals surface area contributed by atoms with E-state index in [2.05, 4.69) is 32.0 Å². The number of carbonyl (C=O) groups excluding carboxylic acids is 1. The molecular weight excluding hydrogens is 318 g/mol. The zero-order valence-corrected chi connectivity index (χ0v) is 14.3. The first-order valence-electron chi connectivity index (χ1n) is 8.40. The number of fused-ring (bicyclic) bond motifs is 1. The van der Waals surface area contributed by atoms with E-state index in [-0.39, 0.29) is 18.0 Å². The molecule has 1 amide bonds. The van der Waals surface area contributed by atoms with Gasteiger partial charge in [0.05, 0.1) is 5.52 Å². The van der Waals surface area contributed by atoms with Crippen LogP contribution in [0.3, 0.4) is 0 Å². The van der Waals surface area contributed by atoms with Gasteiger partial charge in [0.15, 0.2) is 0 Å². The molecule has 3 aromatic rings. The highest BCUT2D eigenvalue weighted by atomic mass is 16.1. The van der Waals surface area contributed by atoms with Crippen molar-refractivity contribution in [3.8, 4) is 0 Å². The quantitative estimate of drug-likeness (QED) is 0.734. The maximum atomic E-state index is 11.9. The fourth-order valence-corrected chi connectivity index (χ4v) is 3.39. The Bertz CT molecular complexity index is 913. The van der Waals surface area contributed by atoms with Crippen LogP contribution in [0.15, 0.2) is 30.6 Å². The molecule has 2 aromatic heterocycles. The van der Waals surface area contributed by atoms with Gasteiger partial charge >= 0.3 is 0 Å². The third-order valence-corrected chi connectivity index (χ3v) is 4.78. The Morgan fingerprint density at radius 3 is 3.04 bits per heavy atom. The number of rotatable bonds is 4. The number of aromatic nitrogens is 5. The molecule has 0 radical (unpaired) electrons. The van der Waals surface area contributed by atoms with Crippen molar-refractivity contribution < 1.29 is 4.79 Å². The van der Waals surface area contributed by atoms with Gasteiger partial charge in [0.1, 0.15) is 17.4 Å². The minimum Gasteiger partial charge on any atom is -0.345 e. The molecule has 2 N–H and O–H groups in total. The molecule has 8 heteroatoms. The maximum Gasteiger partial charge on any atom is 0.220 e. The molecule has 4 rings (SSSR count). The lowest BCUT2D eigenvalue weighted by Gasteiger charge is -2.32. The van der Waals surface area contributed by atoms with E-state index >= 15 is 0 Å². The monoisotopic (exact) mass is 339 g/mol. The van der Waals surface area contributed by atoms with E-state index in [1.54, 1.807) is 10.9 Å². The van der Waals surface area contributed by atoms with Crippen LogP contribution in [0.4, 0.5) is 0 Å². The topological polar surface area (TPSA) is 89.7 Å². The second-order valence-corrected chi connectivity index (χ2v) is 6.50. The highest BCUT2D eigenvalue weighted by molar-refractivity contribution is 5.77. The highest BCUT2D eigenvalue weighted by Gasteiger charge is 2.31. The number of nitrogens with one attached hydrogen (secondary N) is 2. The molecule has 0 bridgehead atoms. The predicted molar refractivity (Wildman–Crippen MR) is 92.5 cm³/mol. The van der Waals surface area contributed by atoms with Crippen LogP contribution in [0, 0.1) is 0 Å². The normalized spacial score (nSPS) is 20.8. The van der Waals surface area contributed by atoms with Crippen LogP contribution >= 0.6 is 0 Å². The van der Waals surface area contributed by atoms with Crippen molar-refractivity contribution in [2.24, 2.45) is 14.1 Å². The van der Waals surface area contributed by atoms with Gasteiger partial charge in [0, 0.05) is 45.5 Å². The van der Waals surface area contributed by atoms with Gasteiger partial charge in [0.25, 0.3) is 0 Å². The first kappa shape index (κ1) is 15.8. The van der Waals surface area contributed by atoms with Gasteiger partial charge in [-0.05, 0) is 24.1 Å². The van der Waals surface area contributed by atoms with Gasteiger partial charge in [-0.2, -0.15) is 0 Å². The highest BCUT2D eigenvalue weighted by Crippen LogP contribution is 2.23. The fourth-order valence-electron chi connectivity index (χ4n) is 3.39. The van der Waals surface area contributed by atoms with Gasteiger partial charge in [0.2, 0.25) is 5.91 Å². The SMILES string of the molecule is Cn1ccnc1[C@@H]1NC(=O)CC[C@H]1NCc1ccc2c(c1)nnn2C. The molecule has 8 nitrogen and oxygen atoms in total. The molecule has 1 aliphatic rings. The van der Waals surface area contributed by atoms with Gasteiger partial charge in [-0.15, -0.1) is 5.10 Å². The number of amides is 1. The maximum absolute atomic E-state index is 11.9. The van der Waals surface area contributed by atoms with Crippen molar-refractivity contribution in [3.05, 3.63) is 42.0 Å². The number of aryl methyl sites for hydroxylation is 2. The number of nitrogens with zero attached hydrogens (tertiary/aromatic N) is 5. The van der Waals surface area contributed by atoms with E-state index in [9.17, 15) is 4.79 Å². The third kappa shape index (κ3) is 3.00. The van der Waals surface area contributed by atoms with Gasteiger partial charge in [-0.25, -0.2) is 9.67 Å². The lowest BCUT2D eigenvalue weighted by atomic mass is 9.96. The minimum absolute atomic E-state index is 0.0760. The van der Waals surface area contributed by atoms with Crippen molar-refractivity contribution in [3.63, 3.8) is 0 Å². The molecule has 0 spiro atoms.